The van der Waals surface area contributed by atoms with Gasteiger partial charge in [0.2, 0.25) is 10.0 Å². The Labute approximate surface area is 159 Å². The fraction of sp³-hybridized carbons (Fsp3) is 0.0556. The largest absolute Gasteiger partial charge is 0.303 e. The number of amides is 2. The summed E-state index contributed by atoms with van der Waals surface area (Å²) < 4.78 is 43.1. The number of imidazole rings is 1. The van der Waals surface area contributed by atoms with Gasteiger partial charge in [0, 0.05) is 18.9 Å². The summed E-state index contributed by atoms with van der Waals surface area (Å²) in [6, 6.07) is 8.00. The summed E-state index contributed by atoms with van der Waals surface area (Å²) in [6.45, 7) is -0.147. The van der Waals surface area contributed by atoms with E-state index >= 15 is 0 Å². The Hall–Kier alpha value is -3.37. The van der Waals surface area contributed by atoms with Crippen molar-refractivity contribution in [3.63, 3.8) is 0 Å². The molecule has 0 atom stereocenters. The van der Waals surface area contributed by atoms with Crippen molar-refractivity contribution in [2.24, 2.45) is 0 Å². The van der Waals surface area contributed by atoms with Crippen molar-refractivity contribution in [3.8, 4) is 5.69 Å². The Morgan fingerprint density at radius 2 is 1.86 bits per heavy atom. The summed E-state index contributed by atoms with van der Waals surface area (Å²) in [6.07, 6.45) is 4.57. The van der Waals surface area contributed by atoms with Crippen molar-refractivity contribution >= 4 is 21.8 Å². The highest BCUT2D eigenvalue weighted by Crippen LogP contribution is 2.21. The molecular weight excluding hydrogens is 387 g/mol. The third-order valence-electron chi connectivity index (χ3n) is 4.28. The lowest BCUT2D eigenvalue weighted by molar-refractivity contribution is 0.0879. The van der Waals surface area contributed by atoms with E-state index in [1.165, 1.54) is 41.4 Å². The number of halogens is 1. The van der Waals surface area contributed by atoms with Gasteiger partial charge < -0.3 is 4.57 Å². The second-order valence-corrected chi connectivity index (χ2v) is 7.84. The molecule has 0 spiro atoms. The van der Waals surface area contributed by atoms with E-state index < -0.39 is 27.7 Å². The van der Waals surface area contributed by atoms with E-state index in [9.17, 15) is 22.4 Å². The summed E-state index contributed by atoms with van der Waals surface area (Å²) in [4.78, 5) is 27.0. The van der Waals surface area contributed by atoms with Crippen LogP contribution in [0.1, 0.15) is 26.3 Å². The fourth-order valence-corrected chi connectivity index (χ4v) is 3.89. The van der Waals surface area contributed by atoms with Gasteiger partial charge in [-0.05, 0) is 35.9 Å². The molecule has 3 aromatic rings. The molecule has 4 rings (SSSR count). The molecule has 0 radical (unpaired) electrons. The van der Waals surface area contributed by atoms with Crippen molar-refractivity contribution in [3.05, 3.63) is 77.6 Å². The van der Waals surface area contributed by atoms with E-state index in [1.54, 1.807) is 12.3 Å². The average Bonchev–Trinajstić information content (AvgIpc) is 3.29. The molecule has 2 amide bonds. The van der Waals surface area contributed by atoms with Crippen LogP contribution in [0.2, 0.25) is 0 Å². The molecule has 1 aliphatic rings. The van der Waals surface area contributed by atoms with Crippen LogP contribution < -0.4 is 10.0 Å². The number of nitrogens with one attached hydrogen (secondary N) is 2. The lowest BCUT2D eigenvalue weighted by Crippen LogP contribution is -2.23. The SMILES string of the molecule is O=C1NC(=O)c2cc(S(=O)(=O)NCc3ccc(-n4ccnc4)c(F)c3)ccc21. The maximum Gasteiger partial charge on any atom is 0.258 e. The topological polar surface area (TPSA) is 110 Å². The highest BCUT2D eigenvalue weighted by Gasteiger charge is 2.28. The van der Waals surface area contributed by atoms with E-state index in [0.29, 0.717) is 11.3 Å². The number of fused-ring (bicyclic) bond motifs is 1. The number of carbonyl (C=O) groups is 2. The third-order valence-corrected chi connectivity index (χ3v) is 5.68. The lowest BCUT2D eigenvalue weighted by Gasteiger charge is -2.09. The Balaban J connectivity index is 1.53. The summed E-state index contributed by atoms with van der Waals surface area (Å²) in [7, 11) is -3.97. The monoisotopic (exact) mass is 400 g/mol. The predicted molar refractivity (Wildman–Crippen MR) is 95.8 cm³/mol. The molecule has 28 heavy (non-hydrogen) atoms. The lowest BCUT2D eigenvalue weighted by atomic mass is 10.1. The van der Waals surface area contributed by atoms with Crippen LogP contribution in [-0.4, -0.2) is 29.8 Å². The van der Waals surface area contributed by atoms with Gasteiger partial charge in [0.05, 0.1) is 28.0 Å². The maximum atomic E-state index is 14.3. The number of hydrogen-bond acceptors (Lipinski definition) is 5. The summed E-state index contributed by atoms with van der Waals surface area (Å²) in [5.41, 5.74) is 0.835. The number of aromatic nitrogens is 2. The fourth-order valence-electron chi connectivity index (χ4n) is 2.85. The highest BCUT2D eigenvalue weighted by atomic mass is 32.2. The van der Waals surface area contributed by atoms with Gasteiger partial charge in [-0.25, -0.2) is 22.5 Å². The van der Waals surface area contributed by atoms with Crippen LogP contribution in [0.4, 0.5) is 4.39 Å². The van der Waals surface area contributed by atoms with E-state index in [1.807, 2.05) is 0 Å². The summed E-state index contributed by atoms with van der Waals surface area (Å²) in [5, 5.41) is 2.10. The molecule has 0 aliphatic carbocycles. The van der Waals surface area contributed by atoms with Gasteiger partial charge >= 0.3 is 0 Å². The van der Waals surface area contributed by atoms with Crippen LogP contribution in [0.3, 0.4) is 0 Å². The van der Waals surface area contributed by atoms with Gasteiger partial charge in [-0.1, -0.05) is 6.07 Å². The van der Waals surface area contributed by atoms with E-state index in [-0.39, 0.29) is 22.6 Å². The van der Waals surface area contributed by atoms with Crippen LogP contribution in [0.25, 0.3) is 5.69 Å². The molecule has 0 saturated heterocycles. The molecule has 10 heteroatoms. The first-order valence-electron chi connectivity index (χ1n) is 8.11. The molecule has 0 bridgehead atoms. The average molecular weight is 400 g/mol. The molecule has 0 unspecified atom stereocenters. The van der Waals surface area contributed by atoms with Gasteiger partial charge in [0.1, 0.15) is 5.82 Å². The molecule has 0 fully saturated rings. The number of imide groups is 1. The smallest absolute Gasteiger partial charge is 0.258 e. The van der Waals surface area contributed by atoms with Crippen LogP contribution in [-0.2, 0) is 16.6 Å². The van der Waals surface area contributed by atoms with Crippen molar-refractivity contribution in [2.75, 3.05) is 0 Å². The molecule has 0 saturated carbocycles. The summed E-state index contributed by atoms with van der Waals surface area (Å²) in [5.74, 6) is -1.73. The zero-order valence-corrected chi connectivity index (χ0v) is 15.0. The van der Waals surface area contributed by atoms with Crippen molar-refractivity contribution in [1.82, 2.24) is 19.6 Å². The molecular formula is C18H13FN4O4S. The van der Waals surface area contributed by atoms with Gasteiger partial charge in [-0.15, -0.1) is 0 Å². The van der Waals surface area contributed by atoms with E-state index in [0.717, 1.165) is 6.07 Å². The van der Waals surface area contributed by atoms with Crippen molar-refractivity contribution in [1.29, 1.82) is 0 Å². The van der Waals surface area contributed by atoms with E-state index in [2.05, 4.69) is 15.0 Å². The minimum absolute atomic E-state index is 0.00334. The first-order valence-corrected chi connectivity index (χ1v) is 9.59. The Bertz CT molecular complexity index is 1210. The molecule has 2 aromatic carbocycles. The van der Waals surface area contributed by atoms with Crippen LogP contribution in [0.5, 0.6) is 0 Å². The van der Waals surface area contributed by atoms with Crippen molar-refractivity contribution < 1.29 is 22.4 Å². The van der Waals surface area contributed by atoms with Crippen LogP contribution in [0, 0.1) is 5.82 Å². The Kier molecular flexibility index (Phi) is 4.28. The number of rotatable bonds is 5. The Morgan fingerprint density at radius 3 is 2.57 bits per heavy atom. The normalized spacial score (nSPS) is 13.5. The zero-order chi connectivity index (χ0) is 19.9. The molecule has 1 aliphatic heterocycles. The second-order valence-electron chi connectivity index (χ2n) is 6.07. The second kappa shape index (κ2) is 6.66. The quantitative estimate of drug-likeness (QED) is 0.629. The number of hydrogen-bond donors (Lipinski definition) is 2. The molecule has 2 N–H and O–H groups in total. The zero-order valence-electron chi connectivity index (χ0n) is 14.2. The van der Waals surface area contributed by atoms with Gasteiger partial charge in [0.25, 0.3) is 11.8 Å². The minimum atomic E-state index is -3.97. The number of nitrogens with zero attached hydrogens (tertiary/aromatic N) is 2. The number of carbonyl (C=O) groups excluding carboxylic acids is 2. The molecule has 2 heterocycles. The van der Waals surface area contributed by atoms with Crippen molar-refractivity contribution in [2.45, 2.75) is 11.4 Å². The summed E-state index contributed by atoms with van der Waals surface area (Å²) >= 11 is 0. The van der Waals surface area contributed by atoms with Gasteiger partial charge in [-0.3, -0.25) is 14.9 Å². The number of benzene rings is 2. The first-order chi connectivity index (χ1) is 13.3. The third kappa shape index (κ3) is 3.19. The first kappa shape index (κ1) is 18.0. The van der Waals surface area contributed by atoms with Gasteiger partial charge in [0.15, 0.2) is 0 Å². The minimum Gasteiger partial charge on any atom is -0.303 e. The van der Waals surface area contributed by atoms with Gasteiger partial charge in [-0.2, -0.15) is 0 Å². The molecule has 8 nitrogen and oxygen atoms in total. The molecule has 142 valence electrons. The van der Waals surface area contributed by atoms with E-state index in [4.69, 9.17) is 0 Å². The Morgan fingerprint density at radius 1 is 1.07 bits per heavy atom. The predicted octanol–water partition coefficient (Wildman–Crippen LogP) is 1.37. The van der Waals surface area contributed by atoms with Crippen LogP contribution >= 0.6 is 0 Å². The number of sulfonamides is 1. The highest BCUT2D eigenvalue weighted by molar-refractivity contribution is 7.89. The molecule has 1 aromatic heterocycles. The standard InChI is InChI=1S/C18H13FN4O4S/c19-15-7-11(1-4-16(15)23-6-5-20-10-23)9-21-28(26,27)12-2-3-13-14(8-12)18(25)22-17(13)24/h1-8,10,21H,9H2,(H,22,24,25). The maximum absolute atomic E-state index is 14.3. The van der Waals surface area contributed by atoms with Crippen LogP contribution in [0.15, 0.2) is 60.0 Å².